The Labute approximate surface area is 115 Å². The molecule has 0 aromatic carbocycles. The van der Waals surface area contributed by atoms with E-state index in [1.54, 1.807) is 26.4 Å². The second kappa shape index (κ2) is 5.71. The number of aromatic amines is 1. The maximum atomic E-state index is 11.7. The van der Waals surface area contributed by atoms with Crippen molar-refractivity contribution in [1.29, 1.82) is 0 Å². The number of hydrogen-bond donors (Lipinski definition) is 3. The molecule has 7 heteroatoms. The summed E-state index contributed by atoms with van der Waals surface area (Å²) in [7, 11) is 1.58. The number of amides is 1. The number of aromatic nitrogens is 3. The lowest BCUT2D eigenvalue weighted by atomic mass is 10.2. The predicted molar refractivity (Wildman–Crippen MR) is 73.3 cm³/mol. The van der Waals surface area contributed by atoms with Crippen LogP contribution >= 0.6 is 11.6 Å². The van der Waals surface area contributed by atoms with Crippen LogP contribution < -0.4 is 10.6 Å². The van der Waals surface area contributed by atoms with E-state index in [-0.39, 0.29) is 5.91 Å². The summed E-state index contributed by atoms with van der Waals surface area (Å²) in [6, 6.07) is 1.81. The maximum absolute atomic E-state index is 11.7. The zero-order valence-electron chi connectivity index (χ0n) is 10.6. The average molecular weight is 280 g/mol. The summed E-state index contributed by atoms with van der Waals surface area (Å²) in [5.74, 6) is 0.319. The van der Waals surface area contributed by atoms with Gasteiger partial charge in [-0.1, -0.05) is 11.6 Å². The zero-order valence-corrected chi connectivity index (χ0v) is 11.4. The van der Waals surface area contributed by atoms with E-state index in [0.717, 1.165) is 5.56 Å². The van der Waals surface area contributed by atoms with Crippen molar-refractivity contribution in [3.63, 3.8) is 0 Å². The van der Waals surface area contributed by atoms with E-state index in [4.69, 9.17) is 11.6 Å². The highest BCUT2D eigenvalue weighted by molar-refractivity contribution is 6.31. The van der Waals surface area contributed by atoms with Gasteiger partial charge in [-0.05, 0) is 18.6 Å². The normalized spacial score (nSPS) is 10.3. The van der Waals surface area contributed by atoms with E-state index in [2.05, 4.69) is 25.8 Å². The Balaban J connectivity index is 2.17. The van der Waals surface area contributed by atoms with Crippen LogP contribution in [0.25, 0.3) is 0 Å². The van der Waals surface area contributed by atoms with Gasteiger partial charge in [-0.2, -0.15) is 5.10 Å². The highest BCUT2D eigenvalue weighted by Gasteiger charge is 2.16. The Morgan fingerprint density at radius 1 is 1.53 bits per heavy atom. The molecule has 0 atom stereocenters. The smallest absolute Gasteiger partial charge is 0.256 e. The molecule has 2 rings (SSSR count). The van der Waals surface area contributed by atoms with E-state index in [1.165, 1.54) is 0 Å². The number of nitrogens with zero attached hydrogens (tertiary/aromatic N) is 2. The monoisotopic (exact) mass is 279 g/mol. The number of H-pyrrole nitrogens is 1. The number of carbonyl (C=O) groups excluding carboxylic acids is 1. The highest BCUT2D eigenvalue weighted by atomic mass is 35.5. The Bertz CT molecular complexity index is 596. The molecule has 100 valence electrons. The third-order valence-electron chi connectivity index (χ3n) is 2.70. The second-order valence-electron chi connectivity index (χ2n) is 3.97. The molecule has 2 aromatic heterocycles. The molecule has 6 nitrogen and oxygen atoms in total. The van der Waals surface area contributed by atoms with Crippen LogP contribution in [0.2, 0.25) is 5.02 Å². The third kappa shape index (κ3) is 2.85. The van der Waals surface area contributed by atoms with Crippen LogP contribution in [-0.4, -0.2) is 28.1 Å². The summed E-state index contributed by atoms with van der Waals surface area (Å²) in [5.41, 5.74) is 2.11. The van der Waals surface area contributed by atoms with E-state index in [9.17, 15) is 4.79 Å². The molecule has 19 heavy (non-hydrogen) atoms. The van der Waals surface area contributed by atoms with Crippen LogP contribution in [0.3, 0.4) is 0 Å². The van der Waals surface area contributed by atoms with Gasteiger partial charge in [0.25, 0.3) is 5.91 Å². The highest BCUT2D eigenvalue weighted by Crippen LogP contribution is 2.19. The predicted octanol–water partition coefficient (Wildman–Crippen LogP) is 1.74. The van der Waals surface area contributed by atoms with Crippen molar-refractivity contribution in [2.75, 3.05) is 12.4 Å². The summed E-state index contributed by atoms with van der Waals surface area (Å²) in [6.07, 6.45) is 3.24. The molecule has 0 aliphatic rings. The fourth-order valence-corrected chi connectivity index (χ4v) is 1.87. The standard InChI is InChI=1S/C12H14ClN5O/c1-7-10(12(19)14-2)11(18-17-7)16-5-8-3-4-15-6-9(8)13/h3-4,6H,5H2,1-2H3,(H,14,19)(H2,16,17,18). The number of halogens is 1. The first kappa shape index (κ1) is 13.4. The molecule has 0 aliphatic heterocycles. The summed E-state index contributed by atoms with van der Waals surface area (Å²) in [5, 5.41) is 13.1. The fraction of sp³-hybridized carbons (Fsp3) is 0.250. The van der Waals surface area contributed by atoms with Gasteiger partial charge in [0, 0.05) is 31.7 Å². The maximum Gasteiger partial charge on any atom is 0.256 e. The Kier molecular flexibility index (Phi) is 4.01. The molecule has 1 amide bonds. The molecule has 0 radical (unpaired) electrons. The van der Waals surface area contributed by atoms with Gasteiger partial charge < -0.3 is 10.6 Å². The number of rotatable bonds is 4. The lowest BCUT2D eigenvalue weighted by Crippen LogP contribution is -2.20. The minimum Gasteiger partial charge on any atom is -0.364 e. The van der Waals surface area contributed by atoms with Crippen molar-refractivity contribution < 1.29 is 4.79 Å². The molecule has 2 heterocycles. The van der Waals surface area contributed by atoms with Gasteiger partial charge in [-0.25, -0.2) is 0 Å². The van der Waals surface area contributed by atoms with Gasteiger partial charge in [0.05, 0.1) is 5.02 Å². The van der Waals surface area contributed by atoms with Crippen molar-refractivity contribution in [1.82, 2.24) is 20.5 Å². The van der Waals surface area contributed by atoms with Crippen LogP contribution in [-0.2, 0) is 6.54 Å². The first-order chi connectivity index (χ1) is 9.13. The van der Waals surface area contributed by atoms with Gasteiger partial charge >= 0.3 is 0 Å². The van der Waals surface area contributed by atoms with Crippen LogP contribution in [0.15, 0.2) is 18.5 Å². The topological polar surface area (TPSA) is 82.7 Å². The fourth-order valence-electron chi connectivity index (χ4n) is 1.69. The zero-order chi connectivity index (χ0) is 13.8. The SMILES string of the molecule is CNC(=O)c1c(NCc2ccncc2Cl)n[nH]c1C. The van der Waals surface area contributed by atoms with Gasteiger partial charge in [-0.3, -0.25) is 14.9 Å². The molecule has 0 saturated heterocycles. The summed E-state index contributed by atoms with van der Waals surface area (Å²) < 4.78 is 0. The lowest BCUT2D eigenvalue weighted by molar-refractivity contribution is 0.0963. The van der Waals surface area contributed by atoms with E-state index >= 15 is 0 Å². The third-order valence-corrected chi connectivity index (χ3v) is 3.04. The Hall–Kier alpha value is -2.08. The molecule has 3 N–H and O–H groups in total. The first-order valence-electron chi connectivity index (χ1n) is 5.72. The van der Waals surface area contributed by atoms with E-state index in [0.29, 0.717) is 28.6 Å². The average Bonchev–Trinajstić information content (AvgIpc) is 2.78. The van der Waals surface area contributed by atoms with Gasteiger partial charge in [0.1, 0.15) is 5.56 Å². The number of anilines is 1. The number of hydrogen-bond acceptors (Lipinski definition) is 4. The molecule has 2 aromatic rings. The number of aryl methyl sites for hydroxylation is 1. The van der Waals surface area contributed by atoms with Crippen LogP contribution in [0.1, 0.15) is 21.6 Å². The molecule has 0 unspecified atom stereocenters. The first-order valence-corrected chi connectivity index (χ1v) is 6.10. The second-order valence-corrected chi connectivity index (χ2v) is 4.38. The van der Waals surface area contributed by atoms with Crippen molar-refractivity contribution in [3.8, 4) is 0 Å². The molecule has 0 aliphatic carbocycles. The number of pyridine rings is 1. The van der Waals surface area contributed by atoms with E-state index in [1.807, 2.05) is 6.07 Å². The van der Waals surface area contributed by atoms with Crippen molar-refractivity contribution in [2.45, 2.75) is 13.5 Å². The summed E-state index contributed by atoms with van der Waals surface area (Å²) in [4.78, 5) is 15.7. The minimum atomic E-state index is -0.186. The minimum absolute atomic E-state index is 0.186. The lowest BCUT2D eigenvalue weighted by Gasteiger charge is -2.07. The Morgan fingerprint density at radius 3 is 3.00 bits per heavy atom. The molecular weight excluding hydrogens is 266 g/mol. The quantitative estimate of drug-likeness (QED) is 0.796. The Morgan fingerprint density at radius 2 is 2.32 bits per heavy atom. The van der Waals surface area contributed by atoms with Gasteiger partial charge in [0.2, 0.25) is 0 Å². The molecular formula is C12H14ClN5O. The van der Waals surface area contributed by atoms with Crippen LogP contribution in [0, 0.1) is 6.92 Å². The number of nitrogens with one attached hydrogen (secondary N) is 3. The van der Waals surface area contributed by atoms with Crippen molar-refractivity contribution >= 4 is 23.3 Å². The van der Waals surface area contributed by atoms with Gasteiger partial charge in [-0.15, -0.1) is 0 Å². The van der Waals surface area contributed by atoms with Crippen LogP contribution in [0.4, 0.5) is 5.82 Å². The number of carbonyl (C=O) groups is 1. The molecule has 0 fully saturated rings. The molecule has 0 saturated carbocycles. The summed E-state index contributed by atoms with van der Waals surface area (Å²) >= 11 is 6.02. The molecule has 0 bridgehead atoms. The summed E-state index contributed by atoms with van der Waals surface area (Å²) in [6.45, 7) is 2.26. The molecule has 0 spiro atoms. The van der Waals surface area contributed by atoms with Crippen molar-refractivity contribution in [2.24, 2.45) is 0 Å². The van der Waals surface area contributed by atoms with E-state index < -0.39 is 0 Å². The largest absolute Gasteiger partial charge is 0.364 e. The van der Waals surface area contributed by atoms with Gasteiger partial charge in [0.15, 0.2) is 5.82 Å². The van der Waals surface area contributed by atoms with Crippen molar-refractivity contribution in [3.05, 3.63) is 40.3 Å². The van der Waals surface area contributed by atoms with Crippen LogP contribution in [0.5, 0.6) is 0 Å².